The van der Waals surface area contributed by atoms with Gasteiger partial charge in [0, 0.05) is 25.6 Å². The molecule has 4 nitrogen and oxygen atoms in total. The average molecular weight is 302 g/mol. The van der Waals surface area contributed by atoms with Crippen LogP contribution in [-0.4, -0.2) is 43.7 Å². The topological polar surface area (TPSA) is 41.6 Å². The molecule has 1 aromatic rings. The SMILES string of the molecule is O=C(NCc1ccccc1)C1CCN(CC2CCOC2)CC1. The molecule has 120 valence electrons. The van der Waals surface area contributed by atoms with Crippen molar-refractivity contribution in [2.24, 2.45) is 11.8 Å². The van der Waals surface area contributed by atoms with Crippen LogP contribution in [0.5, 0.6) is 0 Å². The van der Waals surface area contributed by atoms with Crippen LogP contribution in [-0.2, 0) is 16.1 Å². The van der Waals surface area contributed by atoms with E-state index in [4.69, 9.17) is 4.74 Å². The quantitative estimate of drug-likeness (QED) is 0.905. The van der Waals surface area contributed by atoms with E-state index in [1.807, 2.05) is 30.3 Å². The minimum Gasteiger partial charge on any atom is -0.381 e. The highest BCUT2D eigenvalue weighted by atomic mass is 16.5. The van der Waals surface area contributed by atoms with Gasteiger partial charge in [-0.3, -0.25) is 4.79 Å². The number of hydrogen-bond acceptors (Lipinski definition) is 3. The summed E-state index contributed by atoms with van der Waals surface area (Å²) < 4.78 is 5.44. The number of nitrogens with zero attached hydrogens (tertiary/aromatic N) is 1. The maximum absolute atomic E-state index is 12.3. The largest absolute Gasteiger partial charge is 0.381 e. The second kappa shape index (κ2) is 7.75. The molecule has 3 rings (SSSR count). The molecule has 2 aliphatic rings. The van der Waals surface area contributed by atoms with E-state index < -0.39 is 0 Å². The normalized spacial score (nSPS) is 23.5. The molecule has 0 spiro atoms. The van der Waals surface area contributed by atoms with Gasteiger partial charge in [0.25, 0.3) is 0 Å². The van der Waals surface area contributed by atoms with Crippen molar-refractivity contribution in [1.82, 2.24) is 10.2 Å². The third-order valence-electron chi connectivity index (χ3n) is 4.81. The Labute approximate surface area is 132 Å². The fourth-order valence-electron chi connectivity index (χ4n) is 3.40. The summed E-state index contributed by atoms with van der Waals surface area (Å²) in [5.41, 5.74) is 1.16. The Hall–Kier alpha value is -1.39. The molecule has 0 saturated carbocycles. The average Bonchev–Trinajstić information content (AvgIpc) is 3.07. The number of ether oxygens (including phenoxy) is 1. The maximum Gasteiger partial charge on any atom is 0.223 e. The van der Waals surface area contributed by atoms with Crippen LogP contribution in [0.2, 0.25) is 0 Å². The molecule has 1 atom stereocenters. The number of benzene rings is 1. The van der Waals surface area contributed by atoms with Gasteiger partial charge >= 0.3 is 0 Å². The number of carbonyl (C=O) groups is 1. The third kappa shape index (κ3) is 4.31. The highest BCUT2D eigenvalue weighted by molar-refractivity contribution is 5.78. The van der Waals surface area contributed by atoms with Crippen molar-refractivity contribution in [1.29, 1.82) is 0 Å². The van der Waals surface area contributed by atoms with Gasteiger partial charge in [-0.1, -0.05) is 30.3 Å². The van der Waals surface area contributed by atoms with Gasteiger partial charge in [0.1, 0.15) is 0 Å². The molecule has 4 heteroatoms. The predicted molar refractivity (Wildman–Crippen MR) is 86.4 cm³/mol. The number of rotatable bonds is 5. The van der Waals surface area contributed by atoms with Gasteiger partial charge in [0.15, 0.2) is 0 Å². The molecule has 1 aromatic carbocycles. The first-order chi connectivity index (χ1) is 10.8. The zero-order valence-corrected chi connectivity index (χ0v) is 13.2. The summed E-state index contributed by atoms with van der Waals surface area (Å²) in [4.78, 5) is 14.8. The number of piperidine rings is 1. The van der Waals surface area contributed by atoms with E-state index in [1.54, 1.807) is 0 Å². The molecule has 0 radical (unpaired) electrons. The first kappa shape index (κ1) is 15.5. The highest BCUT2D eigenvalue weighted by Crippen LogP contribution is 2.21. The summed E-state index contributed by atoms with van der Waals surface area (Å²) in [6.45, 7) is 5.69. The Morgan fingerprint density at radius 3 is 2.64 bits per heavy atom. The molecule has 0 aliphatic carbocycles. The van der Waals surface area contributed by atoms with Crippen LogP contribution in [0.25, 0.3) is 0 Å². The molecule has 2 aliphatic heterocycles. The van der Waals surface area contributed by atoms with E-state index >= 15 is 0 Å². The number of carbonyl (C=O) groups excluding carboxylic acids is 1. The van der Waals surface area contributed by atoms with Gasteiger partial charge in [-0.25, -0.2) is 0 Å². The van der Waals surface area contributed by atoms with Crippen LogP contribution in [0.4, 0.5) is 0 Å². The van der Waals surface area contributed by atoms with Crippen molar-refractivity contribution in [2.45, 2.75) is 25.8 Å². The monoisotopic (exact) mass is 302 g/mol. The summed E-state index contributed by atoms with van der Waals surface area (Å²) in [5, 5.41) is 3.08. The standard InChI is InChI=1S/C18H26N2O2/c21-18(19-12-15-4-2-1-3-5-15)17-6-9-20(10-7-17)13-16-8-11-22-14-16/h1-5,16-17H,6-14H2,(H,19,21). The smallest absolute Gasteiger partial charge is 0.223 e. The fourth-order valence-corrected chi connectivity index (χ4v) is 3.40. The van der Waals surface area contributed by atoms with Gasteiger partial charge in [-0.2, -0.15) is 0 Å². The molecule has 2 saturated heterocycles. The van der Waals surface area contributed by atoms with Crippen molar-refractivity contribution in [2.75, 3.05) is 32.8 Å². The molecule has 2 fully saturated rings. The Kier molecular flexibility index (Phi) is 5.46. The first-order valence-electron chi connectivity index (χ1n) is 8.43. The van der Waals surface area contributed by atoms with E-state index in [-0.39, 0.29) is 11.8 Å². The van der Waals surface area contributed by atoms with Gasteiger partial charge in [0.05, 0.1) is 6.61 Å². The van der Waals surface area contributed by atoms with Crippen LogP contribution in [0.15, 0.2) is 30.3 Å². The van der Waals surface area contributed by atoms with Gasteiger partial charge < -0.3 is 15.0 Å². The fraction of sp³-hybridized carbons (Fsp3) is 0.611. The molecule has 0 bridgehead atoms. The maximum atomic E-state index is 12.3. The van der Waals surface area contributed by atoms with E-state index in [1.165, 1.54) is 6.42 Å². The van der Waals surface area contributed by atoms with Gasteiger partial charge in [-0.15, -0.1) is 0 Å². The molecule has 22 heavy (non-hydrogen) atoms. The number of nitrogens with one attached hydrogen (secondary N) is 1. The highest BCUT2D eigenvalue weighted by Gasteiger charge is 2.27. The Balaban J connectivity index is 1.38. The van der Waals surface area contributed by atoms with Gasteiger partial charge in [0.2, 0.25) is 5.91 Å². The second-order valence-corrected chi connectivity index (χ2v) is 6.51. The zero-order valence-electron chi connectivity index (χ0n) is 13.2. The predicted octanol–water partition coefficient (Wildman–Crippen LogP) is 2.05. The minimum absolute atomic E-state index is 0.180. The van der Waals surface area contributed by atoms with E-state index in [0.29, 0.717) is 12.5 Å². The van der Waals surface area contributed by atoms with Crippen LogP contribution < -0.4 is 5.32 Å². The molecule has 1 amide bonds. The number of hydrogen-bond donors (Lipinski definition) is 1. The Morgan fingerprint density at radius 1 is 1.18 bits per heavy atom. The van der Waals surface area contributed by atoms with Crippen LogP contribution in [0.3, 0.4) is 0 Å². The minimum atomic E-state index is 0.180. The van der Waals surface area contributed by atoms with Gasteiger partial charge in [-0.05, 0) is 43.8 Å². The molecule has 2 heterocycles. The lowest BCUT2D eigenvalue weighted by molar-refractivity contribution is -0.126. The van der Waals surface area contributed by atoms with Crippen LogP contribution in [0, 0.1) is 11.8 Å². The van der Waals surface area contributed by atoms with Crippen molar-refractivity contribution in [3.8, 4) is 0 Å². The molecular formula is C18H26N2O2. The summed E-state index contributed by atoms with van der Waals surface area (Å²) in [6.07, 6.45) is 3.15. The number of likely N-dealkylation sites (tertiary alicyclic amines) is 1. The number of amides is 1. The zero-order chi connectivity index (χ0) is 15.2. The molecule has 1 unspecified atom stereocenters. The second-order valence-electron chi connectivity index (χ2n) is 6.51. The summed E-state index contributed by atoms with van der Waals surface area (Å²) in [6, 6.07) is 10.1. The van der Waals surface area contributed by atoms with Crippen LogP contribution in [0.1, 0.15) is 24.8 Å². The van der Waals surface area contributed by atoms with Crippen molar-refractivity contribution < 1.29 is 9.53 Å². The Bertz CT molecular complexity index is 463. The van der Waals surface area contributed by atoms with Crippen molar-refractivity contribution in [3.63, 3.8) is 0 Å². The van der Waals surface area contributed by atoms with Crippen molar-refractivity contribution in [3.05, 3.63) is 35.9 Å². The molecule has 1 N–H and O–H groups in total. The van der Waals surface area contributed by atoms with E-state index in [9.17, 15) is 4.79 Å². The lowest BCUT2D eigenvalue weighted by Gasteiger charge is -2.32. The summed E-state index contributed by atoms with van der Waals surface area (Å²) in [5.74, 6) is 1.09. The van der Waals surface area contributed by atoms with E-state index in [2.05, 4.69) is 10.2 Å². The summed E-state index contributed by atoms with van der Waals surface area (Å²) >= 11 is 0. The van der Waals surface area contributed by atoms with E-state index in [0.717, 1.165) is 51.3 Å². The third-order valence-corrected chi connectivity index (χ3v) is 4.81. The van der Waals surface area contributed by atoms with Crippen LogP contribution >= 0.6 is 0 Å². The molecular weight excluding hydrogens is 276 g/mol. The lowest BCUT2D eigenvalue weighted by Crippen LogP contribution is -2.42. The Morgan fingerprint density at radius 2 is 1.95 bits per heavy atom. The van der Waals surface area contributed by atoms with Crippen molar-refractivity contribution >= 4 is 5.91 Å². The first-order valence-corrected chi connectivity index (χ1v) is 8.43. The lowest BCUT2D eigenvalue weighted by atomic mass is 9.95. The summed E-state index contributed by atoms with van der Waals surface area (Å²) in [7, 11) is 0. The molecule has 0 aromatic heterocycles.